The van der Waals surface area contributed by atoms with Gasteiger partial charge in [-0.05, 0) is 37.1 Å². The number of benzene rings is 2. The first-order valence-corrected chi connectivity index (χ1v) is 11.8. The number of aromatic nitrogens is 3. The van der Waals surface area contributed by atoms with E-state index in [0.717, 1.165) is 30.3 Å². The average molecular weight is 452 g/mol. The molecule has 0 atom stereocenters. The minimum Gasteiger partial charge on any atom is -0.378 e. The molecule has 0 aliphatic carbocycles. The second kappa shape index (κ2) is 10.2. The highest BCUT2D eigenvalue weighted by Crippen LogP contribution is 2.27. The molecule has 7 nitrogen and oxygen atoms in total. The van der Waals surface area contributed by atoms with Gasteiger partial charge in [-0.25, -0.2) is 0 Å². The number of carbonyl (C=O) groups is 1. The third-order valence-corrected chi connectivity index (χ3v) is 6.54. The van der Waals surface area contributed by atoms with Crippen molar-refractivity contribution >= 4 is 23.6 Å². The topological polar surface area (TPSA) is 63.5 Å². The summed E-state index contributed by atoms with van der Waals surface area (Å²) in [5.74, 6) is 1.15. The van der Waals surface area contributed by atoms with Gasteiger partial charge < -0.3 is 14.5 Å². The van der Waals surface area contributed by atoms with Crippen molar-refractivity contribution in [2.24, 2.45) is 0 Å². The normalized spacial score (nSPS) is 13.9. The molecule has 1 aliphatic rings. The number of amides is 1. The largest absolute Gasteiger partial charge is 0.378 e. The number of aryl methyl sites for hydroxylation is 2. The van der Waals surface area contributed by atoms with E-state index in [-0.39, 0.29) is 5.91 Å². The Morgan fingerprint density at radius 1 is 1.06 bits per heavy atom. The smallest absolute Gasteiger partial charge is 0.233 e. The van der Waals surface area contributed by atoms with Gasteiger partial charge >= 0.3 is 0 Å². The fourth-order valence-corrected chi connectivity index (χ4v) is 4.50. The summed E-state index contributed by atoms with van der Waals surface area (Å²) in [6.45, 7) is 7.61. The lowest BCUT2D eigenvalue weighted by atomic mass is 10.1. The van der Waals surface area contributed by atoms with Crippen LogP contribution < -0.4 is 4.90 Å². The standard InChI is InChI=1S/C24H29N5O2S/c1-18-8-10-21(11-9-18)29-23(28-12-14-31-15-13-28)25-26-24(29)32-17-22(30)27(3)16-20-7-5-4-6-19(20)2/h4-11H,12-17H2,1-3H3. The van der Waals surface area contributed by atoms with Gasteiger partial charge in [-0.15, -0.1) is 10.2 Å². The number of anilines is 1. The van der Waals surface area contributed by atoms with E-state index < -0.39 is 0 Å². The van der Waals surface area contributed by atoms with Crippen LogP contribution >= 0.6 is 11.8 Å². The summed E-state index contributed by atoms with van der Waals surface area (Å²) >= 11 is 1.42. The third kappa shape index (κ3) is 5.14. The van der Waals surface area contributed by atoms with E-state index in [2.05, 4.69) is 65.3 Å². The number of hydrogen-bond acceptors (Lipinski definition) is 6. The van der Waals surface area contributed by atoms with Gasteiger partial charge in [0.1, 0.15) is 0 Å². The molecule has 8 heteroatoms. The van der Waals surface area contributed by atoms with Crippen molar-refractivity contribution in [3.8, 4) is 5.69 Å². The van der Waals surface area contributed by atoms with Gasteiger partial charge in [-0.1, -0.05) is 53.7 Å². The summed E-state index contributed by atoms with van der Waals surface area (Å²) in [4.78, 5) is 16.8. The van der Waals surface area contributed by atoms with Crippen molar-refractivity contribution in [2.45, 2.75) is 25.5 Å². The van der Waals surface area contributed by atoms with Crippen molar-refractivity contribution in [1.82, 2.24) is 19.7 Å². The highest BCUT2D eigenvalue weighted by Gasteiger charge is 2.23. The summed E-state index contributed by atoms with van der Waals surface area (Å²) in [7, 11) is 1.85. The Bertz CT molecular complexity index is 1060. The first kappa shape index (κ1) is 22.4. The number of nitrogens with zero attached hydrogens (tertiary/aromatic N) is 5. The maximum Gasteiger partial charge on any atom is 0.233 e. The number of thioether (sulfide) groups is 1. The zero-order chi connectivity index (χ0) is 22.5. The highest BCUT2D eigenvalue weighted by molar-refractivity contribution is 7.99. The Morgan fingerprint density at radius 2 is 1.78 bits per heavy atom. The van der Waals surface area contributed by atoms with Gasteiger partial charge in [0.2, 0.25) is 11.9 Å². The van der Waals surface area contributed by atoms with Crippen LogP contribution in [0.4, 0.5) is 5.95 Å². The lowest BCUT2D eigenvalue weighted by Gasteiger charge is -2.28. The van der Waals surface area contributed by atoms with Crippen LogP contribution in [0.1, 0.15) is 16.7 Å². The number of ether oxygens (including phenoxy) is 1. The molecule has 0 unspecified atom stereocenters. The van der Waals surface area contributed by atoms with E-state index in [1.54, 1.807) is 4.90 Å². The van der Waals surface area contributed by atoms with Crippen LogP contribution in [-0.2, 0) is 16.1 Å². The maximum atomic E-state index is 12.9. The Morgan fingerprint density at radius 3 is 2.50 bits per heavy atom. The van der Waals surface area contributed by atoms with Crippen LogP contribution in [0.15, 0.2) is 53.7 Å². The van der Waals surface area contributed by atoms with Gasteiger partial charge in [0.25, 0.3) is 0 Å². The highest BCUT2D eigenvalue weighted by atomic mass is 32.2. The van der Waals surface area contributed by atoms with E-state index in [0.29, 0.717) is 30.7 Å². The van der Waals surface area contributed by atoms with Crippen LogP contribution in [-0.4, -0.2) is 64.7 Å². The zero-order valence-corrected chi connectivity index (χ0v) is 19.6. The number of morpholine rings is 1. The molecule has 1 fully saturated rings. The van der Waals surface area contributed by atoms with Crippen LogP contribution in [0, 0.1) is 13.8 Å². The van der Waals surface area contributed by atoms with E-state index in [9.17, 15) is 4.79 Å². The molecule has 2 heterocycles. The molecule has 1 aromatic heterocycles. The minimum atomic E-state index is 0.0598. The number of carbonyl (C=O) groups excluding carboxylic acids is 1. The van der Waals surface area contributed by atoms with Crippen LogP contribution in [0.25, 0.3) is 5.69 Å². The fraction of sp³-hybridized carbons (Fsp3) is 0.375. The van der Waals surface area contributed by atoms with Crippen LogP contribution in [0.3, 0.4) is 0 Å². The first-order chi connectivity index (χ1) is 15.5. The fourth-order valence-electron chi connectivity index (χ4n) is 3.61. The van der Waals surface area contributed by atoms with E-state index >= 15 is 0 Å². The average Bonchev–Trinajstić information content (AvgIpc) is 3.24. The Hall–Kier alpha value is -2.84. The maximum absolute atomic E-state index is 12.9. The molecule has 1 aliphatic heterocycles. The van der Waals surface area contributed by atoms with Gasteiger partial charge in [-0.2, -0.15) is 0 Å². The predicted molar refractivity (Wildman–Crippen MR) is 128 cm³/mol. The molecule has 3 aromatic rings. The Balaban J connectivity index is 1.51. The van der Waals surface area contributed by atoms with Gasteiger partial charge in [0, 0.05) is 26.7 Å². The minimum absolute atomic E-state index is 0.0598. The van der Waals surface area contributed by atoms with E-state index in [4.69, 9.17) is 4.74 Å². The Labute approximate surface area is 193 Å². The molecule has 32 heavy (non-hydrogen) atoms. The van der Waals surface area contributed by atoms with Gasteiger partial charge in [-0.3, -0.25) is 9.36 Å². The van der Waals surface area contributed by atoms with E-state index in [1.165, 1.54) is 22.9 Å². The molecule has 1 saturated heterocycles. The molecule has 2 aromatic carbocycles. The number of rotatable bonds is 7. The van der Waals surface area contributed by atoms with Crippen molar-refractivity contribution in [2.75, 3.05) is 44.0 Å². The molecular weight excluding hydrogens is 422 g/mol. The lowest BCUT2D eigenvalue weighted by molar-refractivity contribution is -0.127. The lowest BCUT2D eigenvalue weighted by Crippen LogP contribution is -2.37. The Kier molecular flexibility index (Phi) is 7.12. The molecule has 4 rings (SSSR count). The third-order valence-electron chi connectivity index (χ3n) is 5.62. The molecule has 0 radical (unpaired) electrons. The molecule has 0 bridgehead atoms. The van der Waals surface area contributed by atoms with Gasteiger partial charge in [0.15, 0.2) is 5.16 Å². The predicted octanol–water partition coefficient (Wildman–Crippen LogP) is 3.47. The zero-order valence-electron chi connectivity index (χ0n) is 18.8. The molecule has 168 valence electrons. The molecule has 0 saturated carbocycles. The monoisotopic (exact) mass is 451 g/mol. The molecule has 1 amide bonds. The first-order valence-electron chi connectivity index (χ1n) is 10.8. The number of hydrogen-bond donors (Lipinski definition) is 0. The quantitative estimate of drug-likeness (QED) is 0.513. The van der Waals surface area contributed by atoms with Crippen molar-refractivity contribution in [1.29, 1.82) is 0 Å². The van der Waals surface area contributed by atoms with Crippen LogP contribution in [0.5, 0.6) is 0 Å². The molecule has 0 N–H and O–H groups in total. The summed E-state index contributed by atoms with van der Waals surface area (Å²) < 4.78 is 7.54. The van der Waals surface area contributed by atoms with Crippen molar-refractivity contribution in [3.05, 3.63) is 65.2 Å². The SMILES string of the molecule is Cc1ccc(-n2c(SCC(=O)N(C)Cc3ccccc3C)nnc2N2CCOCC2)cc1. The second-order valence-corrected chi connectivity index (χ2v) is 8.96. The molecule has 0 spiro atoms. The second-order valence-electron chi connectivity index (χ2n) is 8.02. The van der Waals surface area contributed by atoms with E-state index in [1.807, 2.05) is 23.7 Å². The molecular formula is C24H29N5O2S. The summed E-state index contributed by atoms with van der Waals surface area (Å²) in [5, 5.41) is 9.64. The van der Waals surface area contributed by atoms with Gasteiger partial charge in [0.05, 0.1) is 24.7 Å². The van der Waals surface area contributed by atoms with Crippen LogP contribution in [0.2, 0.25) is 0 Å². The van der Waals surface area contributed by atoms with Crippen molar-refractivity contribution < 1.29 is 9.53 Å². The van der Waals surface area contributed by atoms with Crippen molar-refractivity contribution in [3.63, 3.8) is 0 Å². The summed E-state index contributed by atoms with van der Waals surface area (Å²) in [6, 6.07) is 16.4. The summed E-state index contributed by atoms with van der Waals surface area (Å²) in [6.07, 6.45) is 0. The summed E-state index contributed by atoms with van der Waals surface area (Å²) in [5.41, 5.74) is 4.53.